The van der Waals surface area contributed by atoms with Crippen molar-refractivity contribution in [1.82, 2.24) is 10.2 Å². The molecule has 1 N–H and O–H groups in total. The quantitative estimate of drug-likeness (QED) is 0.729. The van der Waals surface area contributed by atoms with E-state index in [9.17, 15) is 0 Å². The second-order valence-corrected chi connectivity index (χ2v) is 6.68. The first-order valence-corrected chi connectivity index (χ1v) is 8.19. The van der Waals surface area contributed by atoms with Gasteiger partial charge in [-0.15, -0.1) is 0 Å². The molecule has 0 saturated heterocycles. The third-order valence-corrected chi connectivity index (χ3v) is 5.08. The molecule has 2 fully saturated rings. The molecule has 0 radical (unpaired) electrons. The van der Waals surface area contributed by atoms with E-state index in [1.54, 1.807) is 0 Å². The van der Waals surface area contributed by atoms with Gasteiger partial charge < -0.3 is 10.2 Å². The van der Waals surface area contributed by atoms with Crippen molar-refractivity contribution in [2.75, 3.05) is 20.1 Å². The summed E-state index contributed by atoms with van der Waals surface area (Å²) in [6.45, 7) is 4.90. The summed E-state index contributed by atoms with van der Waals surface area (Å²) < 4.78 is 0. The second-order valence-electron chi connectivity index (χ2n) is 6.68. The van der Waals surface area contributed by atoms with Gasteiger partial charge in [0.25, 0.3) is 0 Å². The van der Waals surface area contributed by atoms with E-state index in [0.717, 1.165) is 18.0 Å². The van der Waals surface area contributed by atoms with Gasteiger partial charge in [0.15, 0.2) is 0 Å². The summed E-state index contributed by atoms with van der Waals surface area (Å²) in [5, 5.41) is 3.72. The largest absolute Gasteiger partial charge is 0.314 e. The van der Waals surface area contributed by atoms with Crippen molar-refractivity contribution in [3.05, 3.63) is 0 Å². The van der Waals surface area contributed by atoms with Crippen LogP contribution in [0.25, 0.3) is 0 Å². The van der Waals surface area contributed by atoms with Crippen LogP contribution < -0.4 is 5.32 Å². The minimum atomic E-state index is 0.839. The lowest BCUT2D eigenvalue weighted by molar-refractivity contribution is 0.168. The second kappa shape index (κ2) is 7.49. The fraction of sp³-hybridized carbons (Fsp3) is 1.00. The van der Waals surface area contributed by atoms with Gasteiger partial charge in [-0.3, -0.25) is 0 Å². The number of hydrogen-bond acceptors (Lipinski definition) is 2. The first-order chi connectivity index (χ1) is 8.75. The highest BCUT2D eigenvalue weighted by atomic mass is 15.1. The SMILES string of the molecule is CC1CCC(N(C)CCCNC2CCCC2)CC1. The normalized spacial score (nSPS) is 30.2. The zero-order valence-electron chi connectivity index (χ0n) is 12.5. The maximum atomic E-state index is 3.72. The van der Waals surface area contributed by atoms with Gasteiger partial charge in [0.2, 0.25) is 0 Å². The molecule has 2 nitrogen and oxygen atoms in total. The molecule has 2 aliphatic rings. The predicted octanol–water partition coefficient (Wildman–Crippen LogP) is 3.42. The molecule has 2 rings (SSSR count). The molecular formula is C16H32N2. The van der Waals surface area contributed by atoms with Crippen molar-refractivity contribution >= 4 is 0 Å². The molecule has 0 aromatic carbocycles. The Kier molecular flexibility index (Phi) is 5.97. The van der Waals surface area contributed by atoms with Crippen molar-refractivity contribution in [2.24, 2.45) is 5.92 Å². The summed E-state index contributed by atoms with van der Waals surface area (Å²) in [6, 6.07) is 1.71. The van der Waals surface area contributed by atoms with Crippen LogP contribution in [-0.2, 0) is 0 Å². The molecule has 0 aromatic heterocycles. The molecule has 0 spiro atoms. The number of hydrogen-bond donors (Lipinski definition) is 1. The summed E-state index contributed by atoms with van der Waals surface area (Å²) in [5.74, 6) is 0.971. The first-order valence-electron chi connectivity index (χ1n) is 8.19. The fourth-order valence-corrected chi connectivity index (χ4v) is 3.63. The van der Waals surface area contributed by atoms with Crippen LogP contribution >= 0.6 is 0 Å². The van der Waals surface area contributed by atoms with Crippen LogP contribution in [0.5, 0.6) is 0 Å². The minimum absolute atomic E-state index is 0.839. The topological polar surface area (TPSA) is 15.3 Å². The van der Waals surface area contributed by atoms with Crippen LogP contribution in [-0.4, -0.2) is 37.1 Å². The Morgan fingerprint density at radius 1 is 1.00 bits per heavy atom. The van der Waals surface area contributed by atoms with Crippen molar-refractivity contribution in [3.8, 4) is 0 Å². The van der Waals surface area contributed by atoms with Gasteiger partial charge in [-0.25, -0.2) is 0 Å². The Hall–Kier alpha value is -0.0800. The molecule has 0 bridgehead atoms. The van der Waals surface area contributed by atoms with Crippen LogP contribution in [0, 0.1) is 5.92 Å². The zero-order valence-corrected chi connectivity index (χ0v) is 12.5. The molecule has 0 aromatic rings. The molecule has 2 saturated carbocycles. The summed E-state index contributed by atoms with van der Waals surface area (Å²) >= 11 is 0. The highest BCUT2D eigenvalue weighted by Crippen LogP contribution is 2.26. The van der Waals surface area contributed by atoms with E-state index in [2.05, 4.69) is 24.2 Å². The molecule has 0 heterocycles. The van der Waals surface area contributed by atoms with Crippen molar-refractivity contribution in [2.45, 2.75) is 76.8 Å². The van der Waals surface area contributed by atoms with Gasteiger partial charge >= 0.3 is 0 Å². The van der Waals surface area contributed by atoms with E-state index >= 15 is 0 Å². The van der Waals surface area contributed by atoms with Gasteiger partial charge in [-0.1, -0.05) is 19.8 Å². The van der Waals surface area contributed by atoms with Gasteiger partial charge in [0, 0.05) is 12.1 Å². The van der Waals surface area contributed by atoms with Crippen molar-refractivity contribution in [1.29, 1.82) is 0 Å². The van der Waals surface area contributed by atoms with Crippen LogP contribution in [0.2, 0.25) is 0 Å². The molecule has 0 atom stereocenters. The van der Waals surface area contributed by atoms with Crippen LogP contribution in [0.1, 0.15) is 64.7 Å². The van der Waals surface area contributed by atoms with Crippen LogP contribution in [0.15, 0.2) is 0 Å². The number of nitrogens with zero attached hydrogens (tertiary/aromatic N) is 1. The summed E-state index contributed by atoms with van der Waals surface area (Å²) in [6.07, 6.45) is 12.8. The summed E-state index contributed by atoms with van der Waals surface area (Å²) in [5.41, 5.74) is 0. The minimum Gasteiger partial charge on any atom is -0.314 e. The fourth-order valence-electron chi connectivity index (χ4n) is 3.63. The predicted molar refractivity (Wildman–Crippen MR) is 78.9 cm³/mol. The van der Waals surface area contributed by atoms with E-state index < -0.39 is 0 Å². The van der Waals surface area contributed by atoms with E-state index in [1.165, 1.54) is 70.9 Å². The molecule has 0 amide bonds. The maximum absolute atomic E-state index is 3.72. The summed E-state index contributed by atoms with van der Waals surface area (Å²) in [7, 11) is 2.33. The Morgan fingerprint density at radius 2 is 1.67 bits per heavy atom. The molecule has 18 heavy (non-hydrogen) atoms. The first kappa shape index (κ1) is 14.3. The van der Waals surface area contributed by atoms with Gasteiger partial charge in [0.05, 0.1) is 0 Å². The number of nitrogens with one attached hydrogen (secondary N) is 1. The van der Waals surface area contributed by atoms with E-state index in [-0.39, 0.29) is 0 Å². The smallest absolute Gasteiger partial charge is 0.00924 e. The standard InChI is InChI=1S/C16H32N2/c1-14-8-10-16(11-9-14)18(2)13-5-12-17-15-6-3-4-7-15/h14-17H,3-13H2,1-2H3. The Bertz CT molecular complexity index is 215. The van der Waals surface area contributed by atoms with Gasteiger partial charge in [0.1, 0.15) is 0 Å². The Morgan fingerprint density at radius 3 is 2.33 bits per heavy atom. The van der Waals surface area contributed by atoms with E-state index in [0.29, 0.717) is 0 Å². The highest BCUT2D eigenvalue weighted by Gasteiger charge is 2.21. The van der Waals surface area contributed by atoms with Crippen LogP contribution in [0.4, 0.5) is 0 Å². The molecule has 0 unspecified atom stereocenters. The Balaban J connectivity index is 1.52. The van der Waals surface area contributed by atoms with Crippen molar-refractivity contribution in [3.63, 3.8) is 0 Å². The lowest BCUT2D eigenvalue weighted by Crippen LogP contribution is -2.37. The molecule has 2 heteroatoms. The third-order valence-electron chi connectivity index (χ3n) is 5.08. The average molecular weight is 252 g/mol. The molecule has 106 valence electrons. The van der Waals surface area contributed by atoms with E-state index in [4.69, 9.17) is 0 Å². The molecule has 2 aliphatic carbocycles. The van der Waals surface area contributed by atoms with Crippen molar-refractivity contribution < 1.29 is 0 Å². The summed E-state index contributed by atoms with van der Waals surface area (Å²) in [4.78, 5) is 2.61. The monoisotopic (exact) mass is 252 g/mol. The van der Waals surface area contributed by atoms with E-state index in [1.807, 2.05) is 0 Å². The van der Waals surface area contributed by atoms with Gasteiger partial charge in [-0.2, -0.15) is 0 Å². The Labute approximate surface area is 114 Å². The number of rotatable bonds is 6. The lowest BCUT2D eigenvalue weighted by Gasteiger charge is -2.33. The highest BCUT2D eigenvalue weighted by molar-refractivity contribution is 4.77. The zero-order chi connectivity index (χ0) is 12.8. The lowest BCUT2D eigenvalue weighted by atomic mass is 9.87. The maximum Gasteiger partial charge on any atom is 0.00924 e. The van der Waals surface area contributed by atoms with Gasteiger partial charge in [-0.05, 0) is 71.0 Å². The van der Waals surface area contributed by atoms with Crippen LogP contribution in [0.3, 0.4) is 0 Å². The third kappa shape index (κ3) is 4.55. The average Bonchev–Trinajstić information content (AvgIpc) is 2.88. The molecule has 0 aliphatic heterocycles. The molecular weight excluding hydrogens is 220 g/mol.